The van der Waals surface area contributed by atoms with Crippen molar-refractivity contribution in [3.05, 3.63) is 29.8 Å². The minimum atomic E-state index is -3.68. The fraction of sp³-hybridized carbons (Fsp3) is 0.429. The average molecular weight is 326 g/mol. The van der Waals surface area contributed by atoms with Crippen LogP contribution < -0.4 is 0 Å². The van der Waals surface area contributed by atoms with Crippen molar-refractivity contribution in [3.63, 3.8) is 0 Å². The number of hydrogen-bond donors (Lipinski definition) is 0. The summed E-state index contributed by atoms with van der Waals surface area (Å²) in [5.74, 6) is 0.475. The predicted molar refractivity (Wildman–Crippen MR) is 80.1 cm³/mol. The van der Waals surface area contributed by atoms with Crippen LogP contribution in [-0.2, 0) is 16.4 Å². The molecule has 21 heavy (non-hydrogen) atoms. The highest BCUT2D eigenvalue weighted by atomic mass is 35.5. The van der Waals surface area contributed by atoms with Gasteiger partial charge in [0, 0.05) is 31.8 Å². The Morgan fingerprint density at radius 3 is 2.00 bits per heavy atom. The summed E-state index contributed by atoms with van der Waals surface area (Å²) >= 11 is 5.64. The van der Waals surface area contributed by atoms with Gasteiger partial charge in [0.25, 0.3) is 0 Å². The van der Waals surface area contributed by atoms with Crippen LogP contribution in [0.1, 0.15) is 18.4 Å². The molecule has 0 aliphatic rings. The van der Waals surface area contributed by atoms with Gasteiger partial charge < -0.3 is 0 Å². The van der Waals surface area contributed by atoms with Crippen molar-refractivity contribution in [2.45, 2.75) is 24.2 Å². The van der Waals surface area contributed by atoms with Gasteiger partial charge in [-0.3, -0.25) is 0 Å². The Hall–Kier alpha value is -1.60. The summed E-state index contributed by atoms with van der Waals surface area (Å²) in [6.45, 7) is 0.174. The zero-order valence-electron chi connectivity index (χ0n) is 11.5. The second-order valence-electron chi connectivity index (χ2n) is 4.30. The molecule has 112 valence electrons. The maximum Gasteiger partial charge on any atom is 0.243 e. The van der Waals surface area contributed by atoms with Crippen LogP contribution in [0.2, 0.25) is 0 Å². The summed E-state index contributed by atoms with van der Waals surface area (Å²) in [5.41, 5.74) is 0.963. The topological polar surface area (TPSA) is 85.0 Å². The number of benzene rings is 1. The van der Waals surface area contributed by atoms with Crippen LogP contribution in [0.15, 0.2) is 29.2 Å². The zero-order chi connectivity index (χ0) is 15.7. The molecule has 0 saturated carbocycles. The molecule has 1 aromatic carbocycles. The SMILES string of the molecule is N#CCCN(CCC#N)S(=O)(=O)c1ccc(CCCl)cc1. The Labute approximate surface area is 130 Å². The van der Waals surface area contributed by atoms with Crippen molar-refractivity contribution in [2.24, 2.45) is 0 Å². The third-order valence-corrected chi connectivity index (χ3v) is 4.99. The van der Waals surface area contributed by atoms with Gasteiger partial charge in [-0.2, -0.15) is 14.8 Å². The average Bonchev–Trinajstić information content (AvgIpc) is 2.48. The number of sulfonamides is 1. The molecule has 0 aromatic heterocycles. The van der Waals surface area contributed by atoms with E-state index in [9.17, 15) is 8.42 Å². The summed E-state index contributed by atoms with van der Waals surface area (Å²) in [7, 11) is -3.68. The largest absolute Gasteiger partial charge is 0.243 e. The van der Waals surface area contributed by atoms with Crippen LogP contribution in [-0.4, -0.2) is 31.7 Å². The first kappa shape index (κ1) is 17.5. The molecule has 0 aliphatic heterocycles. The minimum absolute atomic E-state index is 0.0872. The van der Waals surface area contributed by atoms with Crippen LogP contribution >= 0.6 is 11.6 Å². The molecule has 0 fully saturated rings. The maximum atomic E-state index is 12.5. The standard InChI is InChI=1S/C14H16ClN3O2S/c15-8-7-13-3-5-14(6-4-13)21(19,20)18(11-1-9-16)12-2-10-17/h3-6H,1-2,7-8,11-12H2. The number of alkyl halides is 1. The van der Waals surface area contributed by atoms with Crippen LogP contribution in [0, 0.1) is 22.7 Å². The minimum Gasteiger partial charge on any atom is -0.207 e. The Balaban J connectivity index is 2.98. The summed E-state index contributed by atoms with van der Waals surface area (Å²) in [5, 5.41) is 17.2. The molecule has 0 saturated heterocycles. The Bertz CT molecular complexity index is 612. The molecule has 7 heteroatoms. The molecule has 5 nitrogen and oxygen atoms in total. The lowest BCUT2D eigenvalue weighted by atomic mass is 10.2. The second-order valence-corrected chi connectivity index (χ2v) is 6.62. The van der Waals surface area contributed by atoms with E-state index < -0.39 is 10.0 Å². The Kier molecular flexibility index (Phi) is 7.18. The molecule has 0 radical (unpaired) electrons. The highest BCUT2D eigenvalue weighted by Crippen LogP contribution is 2.17. The molecule has 0 bridgehead atoms. The number of hydrogen-bond acceptors (Lipinski definition) is 4. The lowest BCUT2D eigenvalue weighted by Crippen LogP contribution is -2.32. The van der Waals surface area contributed by atoms with Gasteiger partial charge in [-0.15, -0.1) is 11.6 Å². The summed E-state index contributed by atoms with van der Waals surface area (Å²) in [6.07, 6.45) is 0.860. The van der Waals surface area contributed by atoms with Crippen LogP contribution in [0.25, 0.3) is 0 Å². The van der Waals surface area contributed by atoms with Crippen molar-refractivity contribution in [3.8, 4) is 12.1 Å². The fourth-order valence-corrected chi connectivity index (χ4v) is 3.45. The molecule has 0 N–H and O–H groups in total. The molecule has 0 aliphatic carbocycles. The van der Waals surface area contributed by atoms with Crippen molar-refractivity contribution in [1.82, 2.24) is 4.31 Å². The molecule has 0 heterocycles. The molecule has 0 atom stereocenters. The van der Waals surface area contributed by atoms with Crippen LogP contribution in [0.4, 0.5) is 0 Å². The Morgan fingerprint density at radius 2 is 1.57 bits per heavy atom. The van der Waals surface area contributed by atoms with Gasteiger partial charge in [0.15, 0.2) is 0 Å². The van der Waals surface area contributed by atoms with E-state index in [1.807, 2.05) is 12.1 Å². The van der Waals surface area contributed by atoms with E-state index in [2.05, 4.69) is 0 Å². The third kappa shape index (κ3) is 5.02. The first-order chi connectivity index (χ1) is 10.1. The Morgan fingerprint density at radius 1 is 1.05 bits per heavy atom. The van der Waals surface area contributed by atoms with E-state index in [0.29, 0.717) is 12.3 Å². The van der Waals surface area contributed by atoms with E-state index >= 15 is 0 Å². The molecule has 1 aromatic rings. The fourth-order valence-electron chi connectivity index (χ4n) is 1.79. The van der Waals surface area contributed by atoms with Crippen molar-refractivity contribution in [1.29, 1.82) is 10.5 Å². The number of rotatable bonds is 8. The second kappa shape index (κ2) is 8.63. The number of halogens is 1. The van der Waals surface area contributed by atoms with E-state index in [4.69, 9.17) is 22.1 Å². The van der Waals surface area contributed by atoms with Gasteiger partial charge in [0.2, 0.25) is 10.0 Å². The number of nitriles is 2. The predicted octanol–water partition coefficient (Wildman–Crippen LogP) is 2.29. The summed E-state index contributed by atoms with van der Waals surface area (Å²) < 4.78 is 26.2. The number of aryl methyl sites for hydroxylation is 1. The third-order valence-electron chi connectivity index (χ3n) is 2.89. The van der Waals surface area contributed by atoms with Gasteiger partial charge in [-0.05, 0) is 24.1 Å². The highest BCUT2D eigenvalue weighted by Gasteiger charge is 2.23. The monoisotopic (exact) mass is 325 g/mol. The van der Waals surface area contributed by atoms with Crippen molar-refractivity contribution in [2.75, 3.05) is 19.0 Å². The van der Waals surface area contributed by atoms with Gasteiger partial charge in [-0.1, -0.05) is 12.1 Å². The highest BCUT2D eigenvalue weighted by molar-refractivity contribution is 7.89. The molecule has 0 unspecified atom stereocenters. The van der Waals surface area contributed by atoms with Gasteiger partial charge in [-0.25, -0.2) is 8.42 Å². The maximum absolute atomic E-state index is 12.5. The van der Waals surface area contributed by atoms with Crippen molar-refractivity contribution >= 4 is 21.6 Å². The number of nitrogens with zero attached hydrogens (tertiary/aromatic N) is 3. The van der Waals surface area contributed by atoms with Crippen LogP contribution in [0.3, 0.4) is 0 Å². The van der Waals surface area contributed by atoms with Crippen LogP contribution in [0.5, 0.6) is 0 Å². The zero-order valence-corrected chi connectivity index (χ0v) is 13.1. The lowest BCUT2D eigenvalue weighted by molar-refractivity contribution is 0.425. The molecular formula is C14H16ClN3O2S. The smallest absolute Gasteiger partial charge is 0.207 e. The molecule has 0 amide bonds. The quantitative estimate of drug-likeness (QED) is 0.686. The van der Waals surface area contributed by atoms with E-state index in [0.717, 1.165) is 5.56 Å². The lowest BCUT2D eigenvalue weighted by Gasteiger charge is -2.20. The van der Waals surface area contributed by atoms with Gasteiger partial charge in [0.05, 0.1) is 17.0 Å². The van der Waals surface area contributed by atoms with Crippen molar-refractivity contribution < 1.29 is 8.42 Å². The van der Waals surface area contributed by atoms with E-state index in [1.54, 1.807) is 12.1 Å². The first-order valence-electron chi connectivity index (χ1n) is 6.45. The van der Waals surface area contributed by atoms with Gasteiger partial charge >= 0.3 is 0 Å². The molecular weight excluding hydrogens is 310 g/mol. The normalized spacial score (nSPS) is 11.0. The summed E-state index contributed by atoms with van der Waals surface area (Å²) in [4.78, 5) is 0.164. The van der Waals surface area contributed by atoms with E-state index in [1.165, 1.54) is 16.4 Å². The van der Waals surface area contributed by atoms with E-state index in [-0.39, 0.29) is 30.8 Å². The molecule has 1 rings (SSSR count). The first-order valence-corrected chi connectivity index (χ1v) is 8.42. The summed E-state index contributed by atoms with van der Waals surface area (Å²) in [6, 6.07) is 10.4. The molecule has 0 spiro atoms. The van der Waals surface area contributed by atoms with Gasteiger partial charge in [0.1, 0.15) is 0 Å².